The van der Waals surface area contributed by atoms with E-state index in [2.05, 4.69) is 29.1 Å². The number of rotatable bonds is 13. The van der Waals surface area contributed by atoms with Gasteiger partial charge in [-0.2, -0.15) is 0 Å². The van der Waals surface area contributed by atoms with E-state index in [-0.39, 0.29) is 47.7 Å². The molecule has 1 saturated carbocycles. The number of anilines is 1. The lowest BCUT2D eigenvalue weighted by molar-refractivity contribution is -0.154. The third-order valence-electron chi connectivity index (χ3n) is 10.2. The van der Waals surface area contributed by atoms with E-state index < -0.39 is 35.6 Å². The number of alkyl halides is 1. The number of aliphatic hydroxyl groups excluding tert-OH is 1. The fourth-order valence-corrected chi connectivity index (χ4v) is 9.18. The van der Waals surface area contributed by atoms with Gasteiger partial charge in [0.05, 0.1) is 37.2 Å². The standard InChI is InChI=1S/C35H48BrN3O6/c1-6-18-37(24-14-16-25(17-15-24)44-8-3)32(41)28-29-33(42)39(27(21-40)22(4)5)31(35(29)20-26(36)30(28)45-35)34(43)38(19-7-2)23-12-10-9-11-13-23/h6-7,14-17,22-23,26-31,40H,1-2,8-13,18-21H2,3-5H3/t26?,27-,28+,29-,30+,31?,35?/m0/s1. The highest BCUT2D eigenvalue weighted by Gasteiger charge is 2.77. The summed E-state index contributed by atoms with van der Waals surface area (Å²) in [6.07, 6.45) is 8.25. The van der Waals surface area contributed by atoms with Crippen LogP contribution in [0, 0.1) is 17.8 Å². The summed E-state index contributed by atoms with van der Waals surface area (Å²) in [5, 5.41) is 10.6. The Morgan fingerprint density at radius 3 is 2.38 bits per heavy atom. The van der Waals surface area contributed by atoms with Crippen LogP contribution in [0.15, 0.2) is 49.6 Å². The molecule has 5 rings (SSSR count). The first-order valence-electron chi connectivity index (χ1n) is 16.5. The van der Waals surface area contributed by atoms with Gasteiger partial charge in [-0.05, 0) is 56.4 Å². The maximum absolute atomic E-state index is 14.9. The zero-order valence-corrected chi connectivity index (χ0v) is 28.4. The second-order valence-electron chi connectivity index (χ2n) is 13.1. The van der Waals surface area contributed by atoms with Crippen molar-refractivity contribution >= 4 is 39.3 Å². The summed E-state index contributed by atoms with van der Waals surface area (Å²) in [7, 11) is 0. The van der Waals surface area contributed by atoms with Gasteiger partial charge in [0, 0.05) is 29.6 Å². The minimum Gasteiger partial charge on any atom is -0.494 e. The first kappa shape index (κ1) is 33.7. The van der Waals surface area contributed by atoms with E-state index in [0.29, 0.717) is 31.0 Å². The first-order valence-corrected chi connectivity index (χ1v) is 17.4. The lowest BCUT2D eigenvalue weighted by Crippen LogP contribution is -2.61. The van der Waals surface area contributed by atoms with Crippen molar-refractivity contribution in [3.63, 3.8) is 0 Å². The van der Waals surface area contributed by atoms with Crippen LogP contribution in [0.25, 0.3) is 0 Å². The predicted octanol–water partition coefficient (Wildman–Crippen LogP) is 4.72. The van der Waals surface area contributed by atoms with E-state index in [9.17, 15) is 19.5 Å². The first-order chi connectivity index (χ1) is 21.6. The molecule has 1 N–H and O–H groups in total. The maximum Gasteiger partial charge on any atom is 0.248 e. The quantitative estimate of drug-likeness (QED) is 0.239. The lowest BCUT2D eigenvalue weighted by atomic mass is 9.70. The highest BCUT2D eigenvalue weighted by molar-refractivity contribution is 9.09. The fraction of sp³-hybridized carbons (Fsp3) is 0.629. The van der Waals surface area contributed by atoms with Gasteiger partial charge in [-0.15, -0.1) is 13.2 Å². The number of hydrogen-bond acceptors (Lipinski definition) is 6. The van der Waals surface area contributed by atoms with Crippen LogP contribution >= 0.6 is 15.9 Å². The van der Waals surface area contributed by atoms with Crippen LogP contribution in [0.4, 0.5) is 5.69 Å². The molecular weight excluding hydrogens is 638 g/mol. The Bertz CT molecular complexity index is 1270. The number of carbonyl (C=O) groups is 3. The van der Waals surface area contributed by atoms with E-state index in [4.69, 9.17) is 9.47 Å². The Kier molecular flexibility index (Phi) is 10.5. The molecule has 3 heterocycles. The van der Waals surface area contributed by atoms with Gasteiger partial charge in [-0.25, -0.2) is 0 Å². The van der Waals surface area contributed by atoms with Gasteiger partial charge in [0.1, 0.15) is 17.4 Å². The monoisotopic (exact) mass is 685 g/mol. The van der Waals surface area contributed by atoms with Crippen molar-refractivity contribution in [2.45, 2.75) is 94.0 Å². The van der Waals surface area contributed by atoms with Crippen LogP contribution in [0.2, 0.25) is 0 Å². The molecule has 45 heavy (non-hydrogen) atoms. The molecule has 3 aliphatic heterocycles. The van der Waals surface area contributed by atoms with Crippen molar-refractivity contribution in [1.82, 2.24) is 9.80 Å². The van der Waals surface area contributed by atoms with Gasteiger partial charge in [-0.3, -0.25) is 14.4 Å². The predicted molar refractivity (Wildman–Crippen MR) is 177 cm³/mol. The SMILES string of the molecule is C=CCN(C(=O)[C@H]1[C@@H]2OC3(CC2Br)C(C(=O)N(CC=C)C2CCCCC2)N([C@@H](CO)C(C)C)C(=O)[C@H]13)c1ccc(OCC)cc1. The van der Waals surface area contributed by atoms with E-state index in [0.717, 1.165) is 32.1 Å². The van der Waals surface area contributed by atoms with E-state index >= 15 is 0 Å². The van der Waals surface area contributed by atoms with Crippen molar-refractivity contribution < 1.29 is 29.0 Å². The molecule has 4 fully saturated rings. The Morgan fingerprint density at radius 1 is 1.13 bits per heavy atom. The number of ether oxygens (including phenoxy) is 2. The number of benzene rings is 1. The topological polar surface area (TPSA) is 99.6 Å². The van der Waals surface area contributed by atoms with Crippen LogP contribution in [0.1, 0.15) is 59.3 Å². The molecule has 1 aromatic carbocycles. The number of amides is 3. The van der Waals surface area contributed by atoms with Gasteiger partial charge < -0.3 is 29.3 Å². The van der Waals surface area contributed by atoms with Gasteiger partial charge >= 0.3 is 0 Å². The molecule has 246 valence electrons. The summed E-state index contributed by atoms with van der Waals surface area (Å²) in [6, 6.07) is 5.77. The zero-order chi connectivity index (χ0) is 32.5. The van der Waals surface area contributed by atoms with Crippen LogP contribution in [-0.2, 0) is 19.1 Å². The van der Waals surface area contributed by atoms with Crippen molar-refractivity contribution in [2.75, 3.05) is 31.2 Å². The third kappa shape index (κ3) is 5.87. The number of aliphatic hydroxyl groups is 1. The highest BCUT2D eigenvalue weighted by atomic mass is 79.9. The fourth-order valence-electron chi connectivity index (χ4n) is 8.23. The molecule has 2 bridgehead atoms. The molecule has 10 heteroatoms. The molecule has 1 aliphatic carbocycles. The Labute approximate surface area is 275 Å². The van der Waals surface area contributed by atoms with Crippen molar-refractivity contribution in [3.05, 3.63) is 49.6 Å². The summed E-state index contributed by atoms with van der Waals surface area (Å²) in [5.74, 6) is -1.84. The molecule has 4 aliphatic rings. The number of fused-ring (bicyclic) bond motifs is 1. The van der Waals surface area contributed by atoms with Crippen LogP contribution in [-0.4, -0.2) is 93.6 Å². The lowest BCUT2D eigenvalue weighted by Gasteiger charge is -2.43. The van der Waals surface area contributed by atoms with Crippen molar-refractivity contribution in [3.8, 4) is 5.75 Å². The maximum atomic E-state index is 14.9. The zero-order valence-electron chi connectivity index (χ0n) is 26.8. The average molecular weight is 687 g/mol. The molecule has 0 radical (unpaired) electrons. The van der Waals surface area contributed by atoms with Crippen LogP contribution in [0.3, 0.4) is 0 Å². The second-order valence-corrected chi connectivity index (χ2v) is 14.3. The van der Waals surface area contributed by atoms with Gasteiger partial charge in [0.2, 0.25) is 17.7 Å². The number of halogens is 1. The molecule has 1 spiro atoms. The highest BCUT2D eigenvalue weighted by Crippen LogP contribution is 2.61. The van der Waals surface area contributed by atoms with E-state index in [1.807, 2.05) is 49.9 Å². The van der Waals surface area contributed by atoms with E-state index in [1.54, 1.807) is 22.0 Å². The third-order valence-corrected chi connectivity index (χ3v) is 11.1. The number of nitrogens with zero attached hydrogens (tertiary/aromatic N) is 3. The van der Waals surface area contributed by atoms with Gasteiger partial charge in [0.15, 0.2) is 0 Å². The molecule has 3 amide bonds. The van der Waals surface area contributed by atoms with E-state index in [1.165, 1.54) is 0 Å². The summed E-state index contributed by atoms with van der Waals surface area (Å²) >= 11 is 3.80. The number of carbonyl (C=O) groups excluding carboxylic acids is 3. The molecule has 0 aromatic heterocycles. The normalized spacial score (nSPS) is 29.9. The van der Waals surface area contributed by atoms with Gasteiger partial charge in [0.25, 0.3) is 0 Å². The Balaban J connectivity index is 1.57. The molecule has 1 aromatic rings. The van der Waals surface area contributed by atoms with Crippen LogP contribution < -0.4 is 9.64 Å². The Hall–Kier alpha value is -2.69. The smallest absolute Gasteiger partial charge is 0.248 e. The number of likely N-dealkylation sites (tertiary alicyclic amines) is 1. The van der Waals surface area contributed by atoms with Crippen molar-refractivity contribution in [1.29, 1.82) is 0 Å². The molecule has 9 nitrogen and oxygen atoms in total. The average Bonchev–Trinajstić information content (AvgIpc) is 3.63. The summed E-state index contributed by atoms with van der Waals surface area (Å²) in [4.78, 5) is 49.1. The van der Waals surface area contributed by atoms with Gasteiger partial charge in [-0.1, -0.05) is 61.2 Å². The molecule has 7 atom stereocenters. The largest absolute Gasteiger partial charge is 0.494 e. The van der Waals surface area contributed by atoms with Crippen LogP contribution in [0.5, 0.6) is 5.75 Å². The Morgan fingerprint density at radius 2 is 1.80 bits per heavy atom. The minimum absolute atomic E-state index is 0.0434. The number of hydrogen-bond donors (Lipinski definition) is 1. The van der Waals surface area contributed by atoms with Crippen molar-refractivity contribution in [2.24, 2.45) is 17.8 Å². The summed E-state index contributed by atoms with van der Waals surface area (Å²) < 4.78 is 12.4. The summed E-state index contributed by atoms with van der Waals surface area (Å²) in [5.41, 5.74) is -0.548. The summed E-state index contributed by atoms with van der Waals surface area (Å²) in [6.45, 7) is 14.5. The second kappa shape index (κ2) is 14.0. The molecule has 3 unspecified atom stereocenters. The molecule has 3 saturated heterocycles. The minimum atomic E-state index is -1.21. The molecular formula is C35H48BrN3O6.